The second kappa shape index (κ2) is 10.5. The molecule has 3 rings (SSSR count). The number of para-hydroxylation sites is 1. The zero-order valence-corrected chi connectivity index (χ0v) is 18.5. The smallest absolute Gasteiger partial charge is 0.251 e. The third-order valence-corrected chi connectivity index (χ3v) is 4.95. The van der Waals surface area contributed by atoms with Gasteiger partial charge in [0.05, 0.1) is 12.6 Å². The van der Waals surface area contributed by atoms with Crippen LogP contribution in [0.3, 0.4) is 0 Å². The van der Waals surface area contributed by atoms with Crippen LogP contribution in [0.25, 0.3) is 11.0 Å². The quantitative estimate of drug-likeness (QED) is 0.381. The lowest BCUT2D eigenvalue weighted by atomic mass is 10.1. The van der Waals surface area contributed by atoms with E-state index in [-0.39, 0.29) is 11.9 Å². The van der Waals surface area contributed by atoms with Crippen molar-refractivity contribution in [3.05, 3.63) is 65.4 Å². The number of amides is 1. The van der Waals surface area contributed by atoms with E-state index in [1.807, 2.05) is 62.4 Å². The summed E-state index contributed by atoms with van der Waals surface area (Å²) in [6, 6.07) is 15.5. The Morgan fingerprint density at radius 2 is 2.00 bits per heavy atom. The summed E-state index contributed by atoms with van der Waals surface area (Å²) >= 11 is 0. The first-order chi connectivity index (χ1) is 15.0. The number of rotatable bonds is 8. The monoisotopic (exact) mass is 422 g/mol. The number of nitrogens with zero attached hydrogens (tertiary/aromatic N) is 1. The van der Waals surface area contributed by atoms with E-state index in [9.17, 15) is 4.79 Å². The Balaban J connectivity index is 1.59. The number of nitrogens with one attached hydrogen (secondary N) is 3. The molecule has 0 aliphatic heterocycles. The molecule has 3 aromatic rings. The molecule has 1 atom stereocenters. The van der Waals surface area contributed by atoms with Crippen LogP contribution in [0.1, 0.15) is 41.6 Å². The molecule has 3 N–H and O–H groups in total. The van der Waals surface area contributed by atoms with Crippen molar-refractivity contribution in [3.63, 3.8) is 0 Å². The SMILES string of the molecule is CCOc1cccc2cc(C(C)NC(=NC)NCCc3cccc(C(=O)NC)c3)oc12. The molecule has 2 aromatic carbocycles. The number of fused-ring (bicyclic) bond motifs is 1. The molecule has 0 aliphatic rings. The van der Waals surface area contributed by atoms with Crippen LogP contribution in [-0.4, -0.2) is 39.1 Å². The summed E-state index contributed by atoms with van der Waals surface area (Å²) in [6.45, 7) is 5.25. The number of aliphatic imine (C=N–C) groups is 1. The molecular formula is C24H30N4O3. The Morgan fingerprint density at radius 1 is 1.19 bits per heavy atom. The Morgan fingerprint density at radius 3 is 2.74 bits per heavy atom. The molecular weight excluding hydrogens is 392 g/mol. The lowest BCUT2D eigenvalue weighted by Gasteiger charge is -2.16. The van der Waals surface area contributed by atoms with Gasteiger partial charge in [0.1, 0.15) is 5.76 Å². The predicted molar refractivity (Wildman–Crippen MR) is 124 cm³/mol. The lowest BCUT2D eigenvalue weighted by Crippen LogP contribution is -2.39. The van der Waals surface area contributed by atoms with E-state index in [1.165, 1.54) is 0 Å². The lowest BCUT2D eigenvalue weighted by molar-refractivity contribution is 0.0963. The summed E-state index contributed by atoms with van der Waals surface area (Å²) < 4.78 is 11.7. The number of hydrogen-bond acceptors (Lipinski definition) is 4. The molecule has 0 bridgehead atoms. The first-order valence-electron chi connectivity index (χ1n) is 10.5. The highest BCUT2D eigenvalue weighted by Crippen LogP contribution is 2.31. The van der Waals surface area contributed by atoms with Crippen molar-refractivity contribution < 1.29 is 13.9 Å². The fourth-order valence-corrected chi connectivity index (χ4v) is 3.35. The first-order valence-corrected chi connectivity index (χ1v) is 10.5. The second-order valence-corrected chi connectivity index (χ2v) is 7.15. The van der Waals surface area contributed by atoms with E-state index in [0.29, 0.717) is 24.7 Å². The fourth-order valence-electron chi connectivity index (χ4n) is 3.35. The van der Waals surface area contributed by atoms with Crippen LogP contribution in [-0.2, 0) is 6.42 Å². The number of benzene rings is 2. The summed E-state index contributed by atoms with van der Waals surface area (Å²) in [4.78, 5) is 16.1. The van der Waals surface area contributed by atoms with Crippen molar-refractivity contribution in [1.82, 2.24) is 16.0 Å². The highest BCUT2D eigenvalue weighted by molar-refractivity contribution is 5.94. The molecule has 7 nitrogen and oxygen atoms in total. The summed E-state index contributed by atoms with van der Waals surface area (Å²) in [5.41, 5.74) is 2.50. The van der Waals surface area contributed by atoms with E-state index in [2.05, 4.69) is 20.9 Å². The molecule has 164 valence electrons. The molecule has 1 heterocycles. The number of carbonyl (C=O) groups excluding carboxylic acids is 1. The summed E-state index contributed by atoms with van der Waals surface area (Å²) in [6.07, 6.45) is 0.766. The van der Waals surface area contributed by atoms with Crippen LogP contribution < -0.4 is 20.7 Å². The minimum atomic E-state index is -0.0839. The number of carbonyl (C=O) groups is 1. The second-order valence-electron chi connectivity index (χ2n) is 7.15. The van der Waals surface area contributed by atoms with Crippen molar-refractivity contribution in [3.8, 4) is 5.75 Å². The molecule has 0 saturated carbocycles. The Kier molecular flexibility index (Phi) is 7.54. The molecule has 1 amide bonds. The fraction of sp³-hybridized carbons (Fsp3) is 0.333. The first kappa shape index (κ1) is 22.2. The number of hydrogen-bond donors (Lipinski definition) is 3. The molecule has 1 unspecified atom stereocenters. The van der Waals surface area contributed by atoms with Crippen LogP contribution >= 0.6 is 0 Å². The van der Waals surface area contributed by atoms with E-state index in [4.69, 9.17) is 9.15 Å². The van der Waals surface area contributed by atoms with Gasteiger partial charge in [-0.05, 0) is 50.1 Å². The highest BCUT2D eigenvalue weighted by atomic mass is 16.5. The molecule has 0 fully saturated rings. The Bertz CT molecular complexity index is 1060. The highest BCUT2D eigenvalue weighted by Gasteiger charge is 2.15. The van der Waals surface area contributed by atoms with Gasteiger partial charge < -0.3 is 25.1 Å². The molecule has 0 spiro atoms. The van der Waals surface area contributed by atoms with Crippen LogP contribution in [0, 0.1) is 0 Å². The van der Waals surface area contributed by atoms with Crippen LogP contribution in [0.2, 0.25) is 0 Å². The molecule has 1 aromatic heterocycles. The average molecular weight is 423 g/mol. The van der Waals surface area contributed by atoms with Gasteiger partial charge in [0.2, 0.25) is 0 Å². The van der Waals surface area contributed by atoms with Crippen LogP contribution in [0.15, 0.2) is 57.9 Å². The van der Waals surface area contributed by atoms with E-state index in [1.54, 1.807) is 14.1 Å². The van der Waals surface area contributed by atoms with Gasteiger partial charge in [-0.25, -0.2) is 0 Å². The predicted octanol–water partition coefficient (Wildman–Crippen LogP) is 3.66. The normalized spacial score (nSPS) is 12.5. The van der Waals surface area contributed by atoms with E-state index < -0.39 is 0 Å². The van der Waals surface area contributed by atoms with Crippen molar-refractivity contribution in [2.75, 3.05) is 27.2 Å². The third kappa shape index (κ3) is 5.57. The van der Waals surface area contributed by atoms with Gasteiger partial charge in [-0.15, -0.1) is 0 Å². The van der Waals surface area contributed by atoms with E-state index in [0.717, 1.165) is 34.5 Å². The molecule has 0 aliphatic carbocycles. The average Bonchev–Trinajstić information content (AvgIpc) is 3.24. The van der Waals surface area contributed by atoms with Gasteiger partial charge in [-0.1, -0.05) is 24.3 Å². The van der Waals surface area contributed by atoms with Gasteiger partial charge in [0, 0.05) is 31.6 Å². The zero-order valence-electron chi connectivity index (χ0n) is 18.5. The Labute approximate surface area is 182 Å². The summed E-state index contributed by atoms with van der Waals surface area (Å²) in [7, 11) is 3.37. The van der Waals surface area contributed by atoms with Gasteiger partial charge in [0.25, 0.3) is 5.91 Å². The maximum Gasteiger partial charge on any atom is 0.251 e. The summed E-state index contributed by atoms with van der Waals surface area (Å²) in [5.74, 6) is 2.16. The molecule has 7 heteroatoms. The molecule has 31 heavy (non-hydrogen) atoms. The van der Waals surface area contributed by atoms with Crippen molar-refractivity contribution in [2.45, 2.75) is 26.3 Å². The van der Waals surface area contributed by atoms with Gasteiger partial charge in [-0.2, -0.15) is 0 Å². The van der Waals surface area contributed by atoms with Crippen LogP contribution in [0.5, 0.6) is 5.75 Å². The van der Waals surface area contributed by atoms with Gasteiger partial charge in [-0.3, -0.25) is 9.79 Å². The largest absolute Gasteiger partial charge is 0.490 e. The summed E-state index contributed by atoms with van der Waals surface area (Å²) in [5, 5.41) is 10.3. The maximum atomic E-state index is 11.8. The standard InChI is InChI=1S/C24H30N4O3/c1-5-30-20-11-7-9-18-15-21(31-22(18)20)16(2)28-24(26-4)27-13-12-17-8-6-10-19(14-17)23(29)25-3/h6-11,14-16H,5,12-13H2,1-4H3,(H,25,29)(H2,26,27,28). The number of guanidine groups is 1. The maximum absolute atomic E-state index is 11.8. The molecule has 0 saturated heterocycles. The van der Waals surface area contributed by atoms with E-state index >= 15 is 0 Å². The third-order valence-electron chi connectivity index (χ3n) is 4.95. The Hall–Kier alpha value is -3.48. The van der Waals surface area contributed by atoms with Gasteiger partial charge in [0.15, 0.2) is 17.3 Å². The van der Waals surface area contributed by atoms with Gasteiger partial charge >= 0.3 is 0 Å². The van der Waals surface area contributed by atoms with Crippen molar-refractivity contribution in [2.24, 2.45) is 4.99 Å². The number of furan rings is 1. The molecule has 0 radical (unpaired) electrons. The topological polar surface area (TPSA) is 87.9 Å². The zero-order chi connectivity index (χ0) is 22.2. The van der Waals surface area contributed by atoms with Crippen LogP contribution in [0.4, 0.5) is 0 Å². The van der Waals surface area contributed by atoms with Crippen molar-refractivity contribution in [1.29, 1.82) is 0 Å². The minimum Gasteiger partial charge on any atom is -0.490 e. The minimum absolute atomic E-state index is 0.0790. The number of ether oxygens (including phenoxy) is 1. The van der Waals surface area contributed by atoms with Crippen molar-refractivity contribution >= 4 is 22.8 Å².